The van der Waals surface area contributed by atoms with Crippen molar-refractivity contribution in [3.63, 3.8) is 0 Å². The van der Waals surface area contributed by atoms with Crippen LogP contribution in [0.5, 0.6) is 5.75 Å². The average Bonchev–Trinajstić information content (AvgIpc) is 2.56. The summed E-state index contributed by atoms with van der Waals surface area (Å²) in [6, 6.07) is 10.7. The Bertz CT molecular complexity index is 763. The third-order valence-corrected chi connectivity index (χ3v) is 4.38. The van der Waals surface area contributed by atoms with E-state index in [0.717, 1.165) is 21.9 Å². The van der Waals surface area contributed by atoms with Crippen LogP contribution in [0.15, 0.2) is 36.4 Å². The number of amides is 1. The number of nitrogens with one attached hydrogen (secondary N) is 1. The first kappa shape index (κ1) is 19.0. The molecule has 0 aliphatic carbocycles. The van der Waals surface area contributed by atoms with Gasteiger partial charge >= 0.3 is 0 Å². The molecular formula is C20H22ClNO3. The summed E-state index contributed by atoms with van der Waals surface area (Å²) in [6.07, 6.45) is 0.939. The fourth-order valence-electron chi connectivity index (χ4n) is 2.45. The highest BCUT2D eigenvalue weighted by Gasteiger charge is 2.06. The summed E-state index contributed by atoms with van der Waals surface area (Å²) in [6.45, 7) is 5.81. The minimum absolute atomic E-state index is 0.0296. The van der Waals surface area contributed by atoms with Crippen LogP contribution in [0.2, 0.25) is 5.02 Å². The number of hydrogen-bond donors (Lipinski definition) is 1. The van der Waals surface area contributed by atoms with Gasteiger partial charge in [0.2, 0.25) is 5.91 Å². The summed E-state index contributed by atoms with van der Waals surface area (Å²) in [7, 11) is 0. The normalized spacial score (nSPS) is 10.4. The lowest BCUT2D eigenvalue weighted by atomic mass is 10.1. The number of benzene rings is 2. The highest BCUT2D eigenvalue weighted by Crippen LogP contribution is 2.26. The minimum atomic E-state index is -0.104. The molecule has 0 saturated carbocycles. The van der Waals surface area contributed by atoms with Gasteiger partial charge in [0.1, 0.15) is 5.75 Å². The fourth-order valence-corrected chi connectivity index (χ4v) is 2.56. The van der Waals surface area contributed by atoms with Crippen molar-refractivity contribution >= 4 is 29.0 Å². The Morgan fingerprint density at radius 3 is 2.44 bits per heavy atom. The van der Waals surface area contributed by atoms with Gasteiger partial charge in [-0.2, -0.15) is 0 Å². The lowest BCUT2D eigenvalue weighted by molar-refractivity contribution is -0.116. The zero-order chi connectivity index (χ0) is 18.4. The second kappa shape index (κ2) is 8.67. The van der Waals surface area contributed by atoms with Gasteiger partial charge in [0.25, 0.3) is 0 Å². The van der Waals surface area contributed by atoms with Gasteiger partial charge in [-0.1, -0.05) is 23.7 Å². The number of halogens is 1. The first-order valence-corrected chi connectivity index (χ1v) is 8.55. The molecule has 0 bridgehead atoms. The molecule has 0 fully saturated rings. The number of anilines is 1. The molecule has 0 atom stereocenters. The van der Waals surface area contributed by atoms with Crippen molar-refractivity contribution < 1.29 is 14.3 Å². The Morgan fingerprint density at radius 1 is 1.12 bits per heavy atom. The molecule has 0 aliphatic heterocycles. The third-order valence-electron chi connectivity index (χ3n) is 3.78. The Labute approximate surface area is 153 Å². The van der Waals surface area contributed by atoms with Gasteiger partial charge in [-0.15, -0.1) is 0 Å². The fraction of sp³-hybridized carbons (Fsp3) is 0.300. The van der Waals surface area contributed by atoms with E-state index in [4.69, 9.17) is 16.3 Å². The van der Waals surface area contributed by atoms with Crippen LogP contribution in [-0.4, -0.2) is 18.3 Å². The molecule has 2 aromatic rings. The number of carbonyl (C=O) groups is 2. The molecule has 1 N–H and O–H groups in total. The monoisotopic (exact) mass is 359 g/mol. The van der Waals surface area contributed by atoms with E-state index in [0.29, 0.717) is 30.7 Å². The van der Waals surface area contributed by atoms with Crippen LogP contribution in [-0.2, 0) is 4.79 Å². The Hall–Kier alpha value is -2.33. The lowest BCUT2D eigenvalue weighted by Crippen LogP contribution is -2.13. The smallest absolute Gasteiger partial charge is 0.224 e. The van der Waals surface area contributed by atoms with E-state index in [9.17, 15) is 9.59 Å². The first-order chi connectivity index (χ1) is 11.9. The van der Waals surface area contributed by atoms with Crippen LogP contribution in [0.4, 0.5) is 5.69 Å². The van der Waals surface area contributed by atoms with E-state index in [1.807, 2.05) is 26.0 Å². The van der Waals surface area contributed by atoms with Crippen molar-refractivity contribution in [1.82, 2.24) is 0 Å². The van der Waals surface area contributed by atoms with E-state index in [1.165, 1.54) is 6.92 Å². The molecule has 2 aromatic carbocycles. The van der Waals surface area contributed by atoms with E-state index >= 15 is 0 Å². The van der Waals surface area contributed by atoms with Crippen LogP contribution in [0.1, 0.15) is 41.3 Å². The number of ketones is 1. The van der Waals surface area contributed by atoms with Crippen molar-refractivity contribution in [3.8, 4) is 5.75 Å². The molecule has 0 unspecified atom stereocenters. The zero-order valence-corrected chi connectivity index (χ0v) is 15.4. The van der Waals surface area contributed by atoms with Gasteiger partial charge in [-0.05, 0) is 62.6 Å². The van der Waals surface area contributed by atoms with Crippen LogP contribution >= 0.6 is 11.6 Å². The van der Waals surface area contributed by atoms with Gasteiger partial charge in [0, 0.05) is 22.7 Å². The summed E-state index contributed by atoms with van der Waals surface area (Å²) in [5, 5.41) is 3.55. The van der Waals surface area contributed by atoms with Crippen molar-refractivity contribution in [3.05, 3.63) is 58.1 Å². The second-order valence-electron chi connectivity index (χ2n) is 6.01. The molecule has 132 valence electrons. The predicted octanol–water partition coefficient (Wildman–Crippen LogP) is 4.96. The quantitative estimate of drug-likeness (QED) is 0.561. The summed E-state index contributed by atoms with van der Waals surface area (Å²) in [5.41, 5.74) is 3.15. The largest absolute Gasteiger partial charge is 0.494 e. The molecular weight excluding hydrogens is 338 g/mol. The van der Waals surface area contributed by atoms with Gasteiger partial charge in [-0.3, -0.25) is 9.59 Å². The summed E-state index contributed by atoms with van der Waals surface area (Å²) < 4.78 is 5.69. The number of Topliss-reactive ketones (excluding diaryl/α,β-unsaturated/α-hetero) is 1. The maximum absolute atomic E-state index is 12.0. The summed E-state index contributed by atoms with van der Waals surface area (Å²) in [5.74, 6) is 0.625. The second-order valence-corrected chi connectivity index (χ2v) is 6.39. The molecule has 1 amide bonds. The van der Waals surface area contributed by atoms with Gasteiger partial charge in [0.05, 0.1) is 6.61 Å². The standard InChI is InChI=1S/C20H22ClNO3/c1-13-10-18(11-14(2)20(13)21)25-9-5-8-19(24)22-17-7-4-6-16(12-17)15(3)23/h4,6-7,10-12H,5,8-9H2,1-3H3,(H,22,24). The number of hydrogen-bond acceptors (Lipinski definition) is 3. The average molecular weight is 360 g/mol. The molecule has 25 heavy (non-hydrogen) atoms. The zero-order valence-electron chi connectivity index (χ0n) is 14.7. The van der Waals surface area contributed by atoms with Crippen molar-refractivity contribution in [2.24, 2.45) is 0 Å². The topological polar surface area (TPSA) is 55.4 Å². The molecule has 0 saturated heterocycles. The summed E-state index contributed by atoms with van der Waals surface area (Å²) in [4.78, 5) is 23.3. The maximum Gasteiger partial charge on any atom is 0.224 e. The minimum Gasteiger partial charge on any atom is -0.494 e. The SMILES string of the molecule is CC(=O)c1cccc(NC(=O)CCCOc2cc(C)c(Cl)c(C)c2)c1. The highest BCUT2D eigenvalue weighted by atomic mass is 35.5. The Kier molecular flexibility index (Phi) is 6.59. The molecule has 0 aromatic heterocycles. The first-order valence-electron chi connectivity index (χ1n) is 8.17. The molecule has 5 heteroatoms. The number of rotatable bonds is 7. The molecule has 4 nitrogen and oxygen atoms in total. The third kappa shape index (κ3) is 5.61. The summed E-state index contributed by atoms with van der Waals surface area (Å²) >= 11 is 6.13. The van der Waals surface area contributed by atoms with E-state index in [1.54, 1.807) is 24.3 Å². The van der Waals surface area contributed by atoms with Crippen LogP contribution in [0.3, 0.4) is 0 Å². The highest BCUT2D eigenvalue weighted by molar-refractivity contribution is 6.32. The van der Waals surface area contributed by atoms with E-state index < -0.39 is 0 Å². The predicted molar refractivity (Wildman–Crippen MR) is 101 cm³/mol. The molecule has 0 radical (unpaired) electrons. The van der Waals surface area contributed by atoms with Crippen LogP contribution in [0, 0.1) is 13.8 Å². The van der Waals surface area contributed by atoms with Crippen LogP contribution < -0.4 is 10.1 Å². The molecule has 0 aliphatic rings. The number of carbonyl (C=O) groups excluding carboxylic acids is 2. The maximum atomic E-state index is 12.0. The van der Waals surface area contributed by atoms with Crippen molar-refractivity contribution in [2.45, 2.75) is 33.6 Å². The van der Waals surface area contributed by atoms with E-state index in [2.05, 4.69) is 5.32 Å². The number of aryl methyl sites for hydroxylation is 2. The van der Waals surface area contributed by atoms with Gasteiger partial charge < -0.3 is 10.1 Å². The molecule has 2 rings (SSSR count). The van der Waals surface area contributed by atoms with Crippen molar-refractivity contribution in [2.75, 3.05) is 11.9 Å². The van der Waals surface area contributed by atoms with Crippen LogP contribution in [0.25, 0.3) is 0 Å². The Balaban J connectivity index is 1.79. The molecule has 0 spiro atoms. The Morgan fingerprint density at radius 2 is 1.80 bits per heavy atom. The van der Waals surface area contributed by atoms with Gasteiger partial charge in [0.15, 0.2) is 5.78 Å². The van der Waals surface area contributed by atoms with Gasteiger partial charge in [-0.25, -0.2) is 0 Å². The van der Waals surface area contributed by atoms with Crippen molar-refractivity contribution in [1.29, 1.82) is 0 Å². The van der Waals surface area contributed by atoms with E-state index in [-0.39, 0.29) is 11.7 Å². The number of ether oxygens (including phenoxy) is 1. The molecule has 0 heterocycles. The lowest BCUT2D eigenvalue weighted by Gasteiger charge is -2.10.